The number of rotatable bonds is 9. The van der Waals surface area contributed by atoms with E-state index >= 15 is 0 Å². The molecule has 0 bridgehead atoms. The summed E-state index contributed by atoms with van der Waals surface area (Å²) >= 11 is 7.21. The number of aryl methyl sites for hydroxylation is 1. The van der Waals surface area contributed by atoms with Gasteiger partial charge < -0.3 is 25.2 Å². The largest absolute Gasteiger partial charge is 0.381 e. The van der Waals surface area contributed by atoms with Gasteiger partial charge in [-0.3, -0.25) is 14.4 Å². The number of aromatic nitrogens is 1. The van der Waals surface area contributed by atoms with Gasteiger partial charge in [0.05, 0.1) is 11.9 Å². The molecule has 0 radical (unpaired) electrons. The molecule has 39 heavy (non-hydrogen) atoms. The van der Waals surface area contributed by atoms with E-state index < -0.39 is 34.7 Å². The molecule has 3 atom stereocenters. The lowest BCUT2D eigenvalue weighted by molar-refractivity contribution is -0.147. The highest BCUT2D eigenvalue weighted by Crippen LogP contribution is 2.40. The van der Waals surface area contributed by atoms with Crippen LogP contribution in [0.15, 0.2) is 65.2 Å². The van der Waals surface area contributed by atoms with E-state index in [2.05, 4.69) is 15.8 Å². The van der Waals surface area contributed by atoms with Gasteiger partial charge in [-0.05, 0) is 55.5 Å². The fourth-order valence-electron chi connectivity index (χ4n) is 4.55. The van der Waals surface area contributed by atoms with Crippen molar-refractivity contribution < 1.29 is 24.0 Å². The van der Waals surface area contributed by atoms with Crippen LogP contribution in [-0.2, 0) is 22.6 Å². The molecule has 3 amide bonds. The Morgan fingerprint density at radius 1 is 1.18 bits per heavy atom. The number of hydrogen-bond acceptors (Lipinski definition) is 7. The zero-order chi connectivity index (χ0) is 28.2. The summed E-state index contributed by atoms with van der Waals surface area (Å²) in [5.41, 5.74) is 2.75. The monoisotopic (exact) mass is 570 g/mol. The molecule has 0 saturated carbocycles. The maximum Gasteiger partial charge on any atom is 0.273 e. The van der Waals surface area contributed by atoms with E-state index in [0.29, 0.717) is 6.54 Å². The highest BCUT2D eigenvalue weighted by atomic mass is 35.5. The minimum atomic E-state index is -1.63. The number of benzene rings is 2. The van der Waals surface area contributed by atoms with Crippen molar-refractivity contribution in [3.8, 4) is 0 Å². The van der Waals surface area contributed by atoms with Crippen LogP contribution in [0.5, 0.6) is 0 Å². The fraction of sp³-hybridized carbons (Fsp3) is 0.357. The van der Waals surface area contributed by atoms with Crippen LogP contribution in [0, 0.1) is 6.92 Å². The standard InChI is InChI=1S/C28H31ClN4O5S/c1-17-9-7-8-12-19(17)15-30-26(36)24-28(2,3)39-16-33(24)27(37)23(34)20(13-18-10-5-4-6-11-18)31-25(35)21-14-22(29)38-32-21/h4-12,14,20,23-24,34H,13,15-16H2,1-3H3,(H,30,36)(H,31,35). The van der Waals surface area contributed by atoms with Gasteiger partial charge >= 0.3 is 0 Å². The van der Waals surface area contributed by atoms with E-state index in [-0.39, 0.29) is 29.1 Å². The Morgan fingerprint density at radius 2 is 1.87 bits per heavy atom. The molecule has 2 aromatic carbocycles. The summed E-state index contributed by atoms with van der Waals surface area (Å²) in [7, 11) is 0. The maximum absolute atomic E-state index is 13.7. The lowest BCUT2D eigenvalue weighted by atomic mass is 9.97. The fourth-order valence-corrected chi connectivity index (χ4v) is 5.83. The molecular formula is C28H31ClN4O5S. The average molecular weight is 571 g/mol. The number of amides is 3. The molecule has 0 aliphatic carbocycles. The van der Waals surface area contributed by atoms with E-state index in [1.54, 1.807) is 0 Å². The molecule has 3 N–H and O–H groups in total. The smallest absolute Gasteiger partial charge is 0.273 e. The number of halogens is 1. The van der Waals surface area contributed by atoms with Gasteiger partial charge in [-0.2, -0.15) is 0 Å². The predicted octanol–water partition coefficient (Wildman–Crippen LogP) is 3.33. The van der Waals surface area contributed by atoms with E-state index in [1.165, 1.54) is 22.7 Å². The molecular weight excluding hydrogens is 540 g/mol. The molecule has 1 fully saturated rings. The third-order valence-electron chi connectivity index (χ3n) is 6.75. The van der Waals surface area contributed by atoms with Crippen LogP contribution in [0.3, 0.4) is 0 Å². The predicted molar refractivity (Wildman–Crippen MR) is 149 cm³/mol. The molecule has 206 valence electrons. The van der Waals surface area contributed by atoms with Crippen molar-refractivity contribution in [2.45, 2.75) is 56.7 Å². The molecule has 2 heterocycles. The Bertz CT molecular complexity index is 1330. The number of aliphatic hydroxyl groups excluding tert-OH is 1. The molecule has 3 unspecified atom stereocenters. The van der Waals surface area contributed by atoms with Gasteiger partial charge in [0.1, 0.15) is 6.04 Å². The SMILES string of the molecule is Cc1ccccc1CNC(=O)C1N(C(=O)C(O)C(Cc2ccccc2)NC(=O)c2cc(Cl)on2)CSC1(C)C. The Labute approximate surface area is 236 Å². The molecule has 4 rings (SSSR count). The first-order valence-corrected chi connectivity index (χ1v) is 13.8. The zero-order valence-corrected chi connectivity index (χ0v) is 23.5. The van der Waals surface area contributed by atoms with Crippen molar-refractivity contribution >= 4 is 41.1 Å². The lowest BCUT2D eigenvalue weighted by Gasteiger charge is -2.33. The van der Waals surface area contributed by atoms with E-state index in [0.717, 1.165) is 16.7 Å². The van der Waals surface area contributed by atoms with Crippen LogP contribution in [0.2, 0.25) is 5.22 Å². The summed E-state index contributed by atoms with van der Waals surface area (Å²) in [5, 5.41) is 20.5. The van der Waals surface area contributed by atoms with Crippen molar-refractivity contribution in [3.05, 3.63) is 88.3 Å². The normalized spacial score (nSPS) is 17.9. The van der Waals surface area contributed by atoms with E-state index in [4.69, 9.17) is 16.1 Å². The Morgan fingerprint density at radius 3 is 2.54 bits per heavy atom. The van der Waals surface area contributed by atoms with Gasteiger partial charge in [0, 0.05) is 17.4 Å². The van der Waals surface area contributed by atoms with E-state index in [9.17, 15) is 19.5 Å². The zero-order valence-electron chi connectivity index (χ0n) is 21.9. The first kappa shape index (κ1) is 28.7. The third-order valence-corrected chi connectivity index (χ3v) is 8.31. The summed E-state index contributed by atoms with van der Waals surface area (Å²) in [6, 6.07) is 16.3. The van der Waals surface area contributed by atoms with Gasteiger partial charge in [-0.1, -0.05) is 59.8 Å². The highest BCUT2D eigenvalue weighted by molar-refractivity contribution is 8.00. The topological polar surface area (TPSA) is 125 Å². The van der Waals surface area contributed by atoms with Gasteiger partial charge in [-0.15, -0.1) is 11.8 Å². The van der Waals surface area contributed by atoms with Crippen LogP contribution in [0.1, 0.15) is 41.0 Å². The van der Waals surface area contributed by atoms with Crippen molar-refractivity contribution in [3.63, 3.8) is 0 Å². The Balaban J connectivity index is 1.53. The van der Waals surface area contributed by atoms with Gasteiger partial charge in [0.2, 0.25) is 11.1 Å². The van der Waals surface area contributed by atoms with Crippen LogP contribution in [0.25, 0.3) is 0 Å². The summed E-state index contributed by atoms with van der Waals surface area (Å²) in [6.07, 6.45) is -1.46. The average Bonchev–Trinajstić information content (AvgIpc) is 3.49. The van der Waals surface area contributed by atoms with Crippen molar-refractivity contribution in [1.82, 2.24) is 20.7 Å². The first-order chi connectivity index (χ1) is 18.6. The summed E-state index contributed by atoms with van der Waals surface area (Å²) in [4.78, 5) is 41.3. The molecule has 1 aromatic heterocycles. The molecule has 11 heteroatoms. The molecule has 1 aliphatic heterocycles. The lowest BCUT2D eigenvalue weighted by Crippen LogP contribution is -2.58. The number of carbonyl (C=O) groups is 3. The molecule has 1 saturated heterocycles. The number of hydrogen-bond donors (Lipinski definition) is 3. The van der Waals surface area contributed by atoms with Crippen LogP contribution >= 0.6 is 23.4 Å². The summed E-state index contributed by atoms with van der Waals surface area (Å²) < 4.78 is 4.17. The van der Waals surface area contributed by atoms with Gasteiger partial charge in [-0.25, -0.2) is 0 Å². The second-order valence-corrected chi connectivity index (χ2v) is 11.9. The van der Waals surface area contributed by atoms with E-state index in [1.807, 2.05) is 75.4 Å². The molecule has 1 aliphatic rings. The van der Waals surface area contributed by atoms with Crippen LogP contribution < -0.4 is 10.6 Å². The molecule has 3 aromatic rings. The quantitative estimate of drug-likeness (QED) is 0.360. The van der Waals surface area contributed by atoms with Crippen molar-refractivity contribution in [2.75, 3.05) is 5.88 Å². The molecule has 9 nitrogen and oxygen atoms in total. The third kappa shape index (κ3) is 6.81. The Kier molecular flexibility index (Phi) is 8.99. The van der Waals surface area contributed by atoms with Crippen LogP contribution in [-0.4, -0.2) is 61.7 Å². The number of nitrogens with zero attached hydrogens (tertiary/aromatic N) is 2. The van der Waals surface area contributed by atoms with Crippen LogP contribution in [0.4, 0.5) is 0 Å². The summed E-state index contributed by atoms with van der Waals surface area (Å²) in [5.74, 6) is -1.39. The number of nitrogens with one attached hydrogen (secondary N) is 2. The second kappa shape index (κ2) is 12.2. The second-order valence-electron chi connectivity index (χ2n) is 9.96. The maximum atomic E-state index is 13.7. The number of thioether (sulfide) groups is 1. The minimum absolute atomic E-state index is 0.0627. The minimum Gasteiger partial charge on any atom is -0.381 e. The molecule has 0 spiro atoms. The van der Waals surface area contributed by atoms with Crippen molar-refractivity contribution in [2.24, 2.45) is 0 Å². The highest BCUT2D eigenvalue weighted by Gasteiger charge is 2.49. The number of carbonyl (C=O) groups excluding carboxylic acids is 3. The Hall–Kier alpha value is -3.34. The van der Waals surface area contributed by atoms with Gasteiger partial charge in [0.15, 0.2) is 11.8 Å². The number of aliphatic hydroxyl groups is 1. The first-order valence-electron chi connectivity index (χ1n) is 12.5. The van der Waals surface area contributed by atoms with Gasteiger partial charge in [0.25, 0.3) is 11.8 Å². The van der Waals surface area contributed by atoms with Crippen molar-refractivity contribution in [1.29, 1.82) is 0 Å². The summed E-state index contributed by atoms with van der Waals surface area (Å²) in [6.45, 7) is 6.08.